The molecule has 0 spiro atoms. The van der Waals surface area contributed by atoms with Gasteiger partial charge in [-0.1, -0.05) is 0 Å². The van der Waals surface area contributed by atoms with Crippen molar-refractivity contribution in [2.24, 2.45) is 0 Å². The molecule has 74 valence electrons. The highest BCUT2D eigenvalue weighted by Crippen LogP contribution is 2.32. The smallest absolute Gasteiger partial charge is 0.162 e. The van der Waals surface area contributed by atoms with Crippen LogP contribution in [0.5, 0.6) is 11.5 Å². The van der Waals surface area contributed by atoms with Gasteiger partial charge in [0.1, 0.15) is 19.0 Å². The zero-order valence-electron chi connectivity index (χ0n) is 7.40. The summed E-state index contributed by atoms with van der Waals surface area (Å²) in [4.78, 5) is 10.5. The maximum atomic E-state index is 10.5. The number of aldehydes is 1. The third-order valence-corrected chi connectivity index (χ3v) is 2.34. The van der Waals surface area contributed by atoms with E-state index in [1.807, 2.05) is 0 Å². The van der Waals surface area contributed by atoms with E-state index in [9.17, 15) is 4.79 Å². The normalized spacial score (nSPS) is 19.1. The van der Waals surface area contributed by atoms with Crippen molar-refractivity contribution in [1.82, 2.24) is 0 Å². The topological polar surface area (TPSA) is 35.5 Å². The van der Waals surface area contributed by atoms with E-state index in [2.05, 4.69) is 0 Å². The molecule has 0 radical (unpaired) electrons. The van der Waals surface area contributed by atoms with Crippen molar-refractivity contribution in [1.29, 1.82) is 0 Å². The summed E-state index contributed by atoms with van der Waals surface area (Å²) in [5.41, 5.74) is 0.580. The number of rotatable bonds is 2. The average Bonchev–Trinajstić information content (AvgIpc) is 2.27. The van der Waals surface area contributed by atoms with Crippen LogP contribution in [-0.2, 0) is 0 Å². The van der Waals surface area contributed by atoms with Crippen molar-refractivity contribution >= 4 is 17.9 Å². The number of alkyl halides is 1. The van der Waals surface area contributed by atoms with Crippen LogP contribution in [0.3, 0.4) is 0 Å². The zero-order chi connectivity index (χ0) is 9.97. The first-order valence-corrected chi connectivity index (χ1v) is 4.81. The van der Waals surface area contributed by atoms with Crippen LogP contribution in [0.25, 0.3) is 0 Å². The van der Waals surface area contributed by atoms with Gasteiger partial charge >= 0.3 is 0 Å². The van der Waals surface area contributed by atoms with Crippen LogP contribution < -0.4 is 9.47 Å². The second-order valence-electron chi connectivity index (χ2n) is 3.03. The van der Waals surface area contributed by atoms with Gasteiger partial charge in [0.15, 0.2) is 11.5 Å². The van der Waals surface area contributed by atoms with E-state index < -0.39 is 0 Å². The highest BCUT2D eigenvalue weighted by Gasteiger charge is 2.19. The summed E-state index contributed by atoms with van der Waals surface area (Å²) in [6.45, 7) is 0.429. The summed E-state index contributed by atoms with van der Waals surface area (Å²) in [6, 6.07) is 5.07. The van der Waals surface area contributed by atoms with Gasteiger partial charge in [0.2, 0.25) is 0 Å². The predicted molar refractivity (Wildman–Crippen MR) is 52.5 cm³/mol. The molecule has 1 aromatic rings. The van der Waals surface area contributed by atoms with Gasteiger partial charge in [0, 0.05) is 5.56 Å². The number of hydrogen-bond donors (Lipinski definition) is 0. The molecule has 1 aromatic carbocycles. The maximum absolute atomic E-state index is 10.5. The van der Waals surface area contributed by atoms with Crippen molar-refractivity contribution in [3.8, 4) is 11.5 Å². The Balaban J connectivity index is 2.27. The van der Waals surface area contributed by atoms with Crippen LogP contribution in [0, 0.1) is 0 Å². The quantitative estimate of drug-likeness (QED) is 0.555. The molecule has 0 aliphatic carbocycles. The fourth-order valence-corrected chi connectivity index (χ4v) is 1.43. The average molecular weight is 213 g/mol. The monoisotopic (exact) mass is 212 g/mol. The number of hydrogen-bond acceptors (Lipinski definition) is 3. The van der Waals surface area contributed by atoms with Gasteiger partial charge in [0.05, 0.1) is 5.88 Å². The van der Waals surface area contributed by atoms with Crippen molar-refractivity contribution in [2.75, 3.05) is 12.5 Å². The van der Waals surface area contributed by atoms with Crippen LogP contribution in [0.1, 0.15) is 10.4 Å². The van der Waals surface area contributed by atoms with Gasteiger partial charge in [-0.15, -0.1) is 11.6 Å². The summed E-state index contributed by atoms with van der Waals surface area (Å²) >= 11 is 5.64. The van der Waals surface area contributed by atoms with Gasteiger partial charge in [-0.05, 0) is 18.2 Å². The minimum Gasteiger partial charge on any atom is -0.486 e. The molecule has 0 saturated carbocycles. The molecule has 0 fully saturated rings. The van der Waals surface area contributed by atoms with Gasteiger partial charge in [-0.2, -0.15) is 0 Å². The summed E-state index contributed by atoms with van der Waals surface area (Å²) in [5, 5.41) is 0. The molecule has 1 aliphatic rings. The Bertz CT molecular complexity index is 351. The van der Waals surface area contributed by atoms with E-state index in [4.69, 9.17) is 21.1 Å². The SMILES string of the molecule is O=Cc1ccc2c(c1)OC[C@@H](CCl)O2. The number of benzene rings is 1. The Labute approximate surface area is 86.6 Å². The second kappa shape index (κ2) is 3.88. The Morgan fingerprint density at radius 2 is 2.36 bits per heavy atom. The molecule has 0 N–H and O–H groups in total. The molecule has 0 amide bonds. The summed E-state index contributed by atoms with van der Waals surface area (Å²) in [5.74, 6) is 1.65. The summed E-state index contributed by atoms with van der Waals surface area (Å²) in [6.07, 6.45) is 0.670. The molecule has 1 aliphatic heterocycles. The minimum atomic E-state index is -0.105. The van der Waals surface area contributed by atoms with E-state index in [0.717, 1.165) is 6.29 Å². The van der Waals surface area contributed by atoms with Gasteiger partial charge < -0.3 is 9.47 Å². The van der Waals surface area contributed by atoms with Crippen LogP contribution in [0.15, 0.2) is 18.2 Å². The highest BCUT2D eigenvalue weighted by molar-refractivity contribution is 6.18. The largest absolute Gasteiger partial charge is 0.486 e. The van der Waals surface area contributed by atoms with Crippen molar-refractivity contribution in [3.63, 3.8) is 0 Å². The minimum absolute atomic E-state index is 0.105. The zero-order valence-corrected chi connectivity index (χ0v) is 8.16. The first-order valence-electron chi connectivity index (χ1n) is 4.28. The Hall–Kier alpha value is -1.22. The number of carbonyl (C=O) groups excluding carboxylic acids is 1. The van der Waals surface area contributed by atoms with Crippen molar-refractivity contribution in [3.05, 3.63) is 23.8 Å². The first-order chi connectivity index (χ1) is 6.83. The highest BCUT2D eigenvalue weighted by atomic mass is 35.5. The fourth-order valence-electron chi connectivity index (χ4n) is 1.28. The first kappa shape index (κ1) is 9.34. The predicted octanol–water partition coefficient (Wildman–Crippen LogP) is 1.88. The second-order valence-corrected chi connectivity index (χ2v) is 3.34. The van der Waals surface area contributed by atoms with Crippen molar-refractivity contribution in [2.45, 2.75) is 6.10 Å². The fraction of sp³-hybridized carbons (Fsp3) is 0.300. The number of ether oxygens (including phenoxy) is 2. The molecule has 1 heterocycles. The molecule has 3 nitrogen and oxygen atoms in total. The number of halogens is 1. The maximum Gasteiger partial charge on any atom is 0.162 e. The lowest BCUT2D eigenvalue weighted by Gasteiger charge is -2.25. The number of fused-ring (bicyclic) bond motifs is 1. The molecular formula is C10H9ClO3. The summed E-state index contributed by atoms with van der Waals surface area (Å²) < 4.78 is 10.9. The lowest BCUT2D eigenvalue weighted by Crippen LogP contribution is -2.30. The molecule has 0 saturated heterocycles. The van der Waals surface area contributed by atoms with E-state index in [1.165, 1.54) is 0 Å². The molecule has 4 heteroatoms. The molecule has 14 heavy (non-hydrogen) atoms. The van der Waals surface area contributed by atoms with Crippen LogP contribution in [0.4, 0.5) is 0 Å². The molecule has 1 atom stereocenters. The molecule has 0 bridgehead atoms. The van der Waals surface area contributed by atoms with E-state index >= 15 is 0 Å². The molecule has 0 unspecified atom stereocenters. The van der Waals surface area contributed by atoms with Crippen molar-refractivity contribution < 1.29 is 14.3 Å². The van der Waals surface area contributed by atoms with Gasteiger partial charge in [0.25, 0.3) is 0 Å². The van der Waals surface area contributed by atoms with Crippen LogP contribution >= 0.6 is 11.6 Å². The Morgan fingerprint density at radius 3 is 3.07 bits per heavy atom. The van der Waals surface area contributed by atoms with Crippen LogP contribution in [-0.4, -0.2) is 24.9 Å². The lowest BCUT2D eigenvalue weighted by atomic mass is 10.2. The molecular weight excluding hydrogens is 204 g/mol. The van der Waals surface area contributed by atoms with E-state index in [0.29, 0.717) is 29.5 Å². The lowest BCUT2D eigenvalue weighted by molar-refractivity contribution is 0.105. The van der Waals surface area contributed by atoms with Gasteiger partial charge in [-0.25, -0.2) is 0 Å². The number of carbonyl (C=O) groups is 1. The summed E-state index contributed by atoms with van der Waals surface area (Å²) in [7, 11) is 0. The molecule has 2 rings (SSSR count). The third kappa shape index (κ3) is 1.68. The Kier molecular flexibility index (Phi) is 2.59. The van der Waals surface area contributed by atoms with E-state index in [-0.39, 0.29) is 6.10 Å². The molecule has 0 aromatic heterocycles. The van der Waals surface area contributed by atoms with E-state index in [1.54, 1.807) is 18.2 Å². The van der Waals surface area contributed by atoms with Crippen LogP contribution in [0.2, 0.25) is 0 Å². The van der Waals surface area contributed by atoms with Gasteiger partial charge in [-0.3, -0.25) is 4.79 Å². The Morgan fingerprint density at radius 1 is 1.50 bits per heavy atom. The standard InChI is InChI=1S/C10H9ClO3/c11-4-8-6-13-10-3-7(5-12)1-2-9(10)14-8/h1-3,5,8H,4,6H2/t8-/m1/s1. The third-order valence-electron chi connectivity index (χ3n) is 1.99.